The molecule has 2 heterocycles. The summed E-state index contributed by atoms with van der Waals surface area (Å²) >= 11 is 0. The van der Waals surface area contributed by atoms with E-state index >= 15 is 0 Å². The van der Waals surface area contributed by atoms with Gasteiger partial charge in [0.1, 0.15) is 0 Å². The van der Waals surface area contributed by atoms with Crippen LogP contribution < -0.4 is 11.3 Å². The zero-order chi connectivity index (χ0) is 10.8. The van der Waals surface area contributed by atoms with Crippen molar-refractivity contribution in [2.45, 2.75) is 6.92 Å². The van der Waals surface area contributed by atoms with Crippen LogP contribution in [-0.4, -0.2) is 9.55 Å². The van der Waals surface area contributed by atoms with Crippen molar-refractivity contribution in [3.8, 4) is 5.69 Å². The van der Waals surface area contributed by atoms with Crippen molar-refractivity contribution in [3.05, 3.63) is 52.7 Å². The number of nitrogens with two attached hydrogens (primary N) is 1. The highest BCUT2D eigenvalue weighted by Crippen LogP contribution is 2.04. The van der Waals surface area contributed by atoms with Crippen LogP contribution >= 0.6 is 0 Å². The van der Waals surface area contributed by atoms with Crippen molar-refractivity contribution >= 4 is 5.69 Å². The van der Waals surface area contributed by atoms with Crippen molar-refractivity contribution < 1.29 is 0 Å². The average Bonchev–Trinajstić information content (AvgIpc) is 2.24. The molecule has 4 heteroatoms. The maximum Gasteiger partial charge on any atom is 0.278 e. The minimum absolute atomic E-state index is 0.219. The number of aryl methyl sites for hydroxylation is 1. The Morgan fingerprint density at radius 2 is 2.13 bits per heavy atom. The summed E-state index contributed by atoms with van der Waals surface area (Å²) in [7, 11) is 0. The summed E-state index contributed by atoms with van der Waals surface area (Å²) in [6.07, 6.45) is 3.32. The Kier molecular flexibility index (Phi) is 2.25. The lowest BCUT2D eigenvalue weighted by molar-refractivity contribution is 0.976. The summed E-state index contributed by atoms with van der Waals surface area (Å²) in [6.45, 7) is 1.89. The molecule has 0 aromatic carbocycles. The van der Waals surface area contributed by atoms with E-state index in [-0.39, 0.29) is 11.2 Å². The Labute approximate surface area is 87.0 Å². The number of nitrogens with zero attached hydrogens (tertiary/aromatic N) is 2. The smallest absolute Gasteiger partial charge is 0.278 e. The van der Waals surface area contributed by atoms with Crippen molar-refractivity contribution in [2.24, 2.45) is 0 Å². The van der Waals surface area contributed by atoms with Gasteiger partial charge in [-0.3, -0.25) is 14.3 Å². The second-order valence-electron chi connectivity index (χ2n) is 3.30. The number of hydrogen-bond donors (Lipinski definition) is 1. The molecule has 4 nitrogen and oxygen atoms in total. The largest absolute Gasteiger partial charge is 0.394 e. The molecule has 0 unspecified atom stereocenters. The third-order valence-corrected chi connectivity index (χ3v) is 2.15. The topological polar surface area (TPSA) is 60.9 Å². The van der Waals surface area contributed by atoms with Gasteiger partial charge < -0.3 is 5.73 Å². The summed E-state index contributed by atoms with van der Waals surface area (Å²) in [5, 5.41) is 0. The number of aromatic nitrogens is 2. The third-order valence-electron chi connectivity index (χ3n) is 2.15. The van der Waals surface area contributed by atoms with Gasteiger partial charge in [-0.1, -0.05) is 0 Å². The SMILES string of the molecule is Cc1ccc(-n2cccc(N)c2=O)cn1. The van der Waals surface area contributed by atoms with E-state index in [1.807, 2.05) is 19.1 Å². The van der Waals surface area contributed by atoms with E-state index in [1.165, 1.54) is 4.57 Å². The normalized spacial score (nSPS) is 10.2. The van der Waals surface area contributed by atoms with Gasteiger partial charge in [0, 0.05) is 11.9 Å². The van der Waals surface area contributed by atoms with Crippen LogP contribution in [0, 0.1) is 6.92 Å². The Hall–Kier alpha value is -2.10. The molecule has 2 N–H and O–H groups in total. The van der Waals surface area contributed by atoms with Gasteiger partial charge in [-0.2, -0.15) is 0 Å². The van der Waals surface area contributed by atoms with Crippen molar-refractivity contribution in [3.63, 3.8) is 0 Å². The van der Waals surface area contributed by atoms with Gasteiger partial charge in [0.25, 0.3) is 5.56 Å². The molecule has 2 aromatic heterocycles. The van der Waals surface area contributed by atoms with Gasteiger partial charge >= 0.3 is 0 Å². The Balaban J connectivity index is 2.59. The highest BCUT2D eigenvalue weighted by Gasteiger charge is 2.01. The molecule has 0 fully saturated rings. The van der Waals surface area contributed by atoms with Crippen LogP contribution in [-0.2, 0) is 0 Å². The van der Waals surface area contributed by atoms with Gasteiger partial charge in [0.2, 0.25) is 0 Å². The molecule has 2 aromatic rings. The van der Waals surface area contributed by atoms with E-state index in [0.29, 0.717) is 0 Å². The molecule has 0 aliphatic rings. The minimum Gasteiger partial charge on any atom is -0.394 e. The summed E-state index contributed by atoms with van der Waals surface area (Å²) in [6, 6.07) is 7.01. The predicted molar refractivity (Wildman–Crippen MR) is 59.0 cm³/mol. The number of rotatable bonds is 1. The fourth-order valence-corrected chi connectivity index (χ4v) is 1.32. The lowest BCUT2D eigenvalue weighted by Gasteiger charge is -2.05. The van der Waals surface area contributed by atoms with E-state index < -0.39 is 0 Å². The van der Waals surface area contributed by atoms with Crippen LogP contribution in [0.3, 0.4) is 0 Å². The standard InChI is InChI=1S/C11H11N3O/c1-8-4-5-9(7-13-8)14-6-2-3-10(12)11(14)15/h2-7H,12H2,1H3. The van der Waals surface area contributed by atoms with Crippen LogP contribution in [0.1, 0.15) is 5.69 Å². The maximum absolute atomic E-state index is 11.7. The number of hydrogen-bond acceptors (Lipinski definition) is 3. The zero-order valence-corrected chi connectivity index (χ0v) is 8.34. The fourth-order valence-electron chi connectivity index (χ4n) is 1.32. The highest BCUT2D eigenvalue weighted by atomic mass is 16.1. The second-order valence-corrected chi connectivity index (χ2v) is 3.30. The molecule has 15 heavy (non-hydrogen) atoms. The molecule has 0 atom stereocenters. The predicted octanol–water partition coefficient (Wildman–Crippen LogP) is 1.12. The Morgan fingerprint density at radius 1 is 1.33 bits per heavy atom. The third kappa shape index (κ3) is 1.74. The van der Waals surface area contributed by atoms with Crippen LogP contribution in [0.25, 0.3) is 5.69 Å². The Bertz CT molecular complexity index is 528. The molecule has 0 bridgehead atoms. The highest BCUT2D eigenvalue weighted by molar-refractivity contribution is 5.39. The lowest BCUT2D eigenvalue weighted by Crippen LogP contribution is -2.20. The molecule has 0 amide bonds. The summed E-state index contributed by atoms with van der Waals surface area (Å²) in [5.41, 5.74) is 7.18. The van der Waals surface area contributed by atoms with E-state index in [2.05, 4.69) is 4.98 Å². The molecule has 2 rings (SSSR count). The van der Waals surface area contributed by atoms with E-state index in [9.17, 15) is 4.79 Å². The molecule has 0 aliphatic heterocycles. The van der Waals surface area contributed by atoms with Crippen LogP contribution in [0.15, 0.2) is 41.5 Å². The Morgan fingerprint density at radius 3 is 2.80 bits per heavy atom. The minimum atomic E-state index is -0.219. The first-order valence-electron chi connectivity index (χ1n) is 4.58. The van der Waals surface area contributed by atoms with Gasteiger partial charge in [-0.25, -0.2) is 0 Å². The van der Waals surface area contributed by atoms with Gasteiger partial charge in [0.15, 0.2) is 0 Å². The molecule has 0 radical (unpaired) electrons. The van der Waals surface area contributed by atoms with Crippen LogP contribution in [0.2, 0.25) is 0 Å². The first kappa shape index (κ1) is 9.45. The van der Waals surface area contributed by atoms with Gasteiger partial charge in [0.05, 0.1) is 17.6 Å². The first-order chi connectivity index (χ1) is 7.18. The van der Waals surface area contributed by atoms with Crippen LogP contribution in [0.4, 0.5) is 5.69 Å². The molecule has 0 spiro atoms. The van der Waals surface area contributed by atoms with E-state index in [0.717, 1.165) is 11.4 Å². The molecule has 0 saturated carbocycles. The average molecular weight is 201 g/mol. The van der Waals surface area contributed by atoms with Crippen LogP contribution in [0.5, 0.6) is 0 Å². The van der Waals surface area contributed by atoms with Crippen molar-refractivity contribution in [1.82, 2.24) is 9.55 Å². The number of pyridine rings is 2. The van der Waals surface area contributed by atoms with Crippen molar-refractivity contribution in [1.29, 1.82) is 0 Å². The monoisotopic (exact) mass is 201 g/mol. The molecule has 0 aliphatic carbocycles. The van der Waals surface area contributed by atoms with Gasteiger partial charge in [-0.15, -0.1) is 0 Å². The zero-order valence-electron chi connectivity index (χ0n) is 8.34. The quantitative estimate of drug-likeness (QED) is 0.752. The second kappa shape index (κ2) is 3.57. The van der Waals surface area contributed by atoms with Gasteiger partial charge in [-0.05, 0) is 31.2 Å². The lowest BCUT2D eigenvalue weighted by atomic mass is 10.3. The molecule has 0 saturated heterocycles. The maximum atomic E-state index is 11.7. The molecular weight excluding hydrogens is 190 g/mol. The summed E-state index contributed by atoms with van der Waals surface area (Å²) < 4.78 is 1.47. The van der Waals surface area contributed by atoms with Crippen molar-refractivity contribution in [2.75, 3.05) is 5.73 Å². The van der Waals surface area contributed by atoms with E-state index in [1.54, 1.807) is 24.5 Å². The first-order valence-corrected chi connectivity index (χ1v) is 4.58. The molecule has 76 valence electrons. The number of nitrogen functional groups attached to an aromatic ring is 1. The van der Waals surface area contributed by atoms with E-state index in [4.69, 9.17) is 5.73 Å². The number of anilines is 1. The summed E-state index contributed by atoms with van der Waals surface area (Å²) in [5.74, 6) is 0. The fraction of sp³-hybridized carbons (Fsp3) is 0.0909. The summed E-state index contributed by atoms with van der Waals surface area (Å²) in [4.78, 5) is 15.8. The molecular formula is C11H11N3O.